The van der Waals surface area contributed by atoms with Crippen molar-refractivity contribution in [1.29, 1.82) is 0 Å². The van der Waals surface area contributed by atoms with Gasteiger partial charge in [-0.25, -0.2) is 4.39 Å². The number of fused-ring (bicyclic) bond motifs is 1. The smallest absolute Gasteiger partial charge is 0.313 e. The van der Waals surface area contributed by atoms with E-state index < -0.39 is 24.9 Å². The molecule has 2 unspecified atom stereocenters. The molecule has 1 aliphatic heterocycles. The van der Waals surface area contributed by atoms with Gasteiger partial charge >= 0.3 is 5.97 Å². The number of ether oxygens (including phenoxy) is 2. The van der Waals surface area contributed by atoms with E-state index in [-0.39, 0.29) is 6.61 Å². The van der Waals surface area contributed by atoms with Crippen LogP contribution in [0.5, 0.6) is 5.75 Å². The molecular weight excluding hydrogens is 215 g/mol. The van der Waals surface area contributed by atoms with E-state index in [2.05, 4.69) is 0 Å². The van der Waals surface area contributed by atoms with E-state index >= 15 is 0 Å². The van der Waals surface area contributed by atoms with Crippen LogP contribution in [0.1, 0.15) is 11.7 Å². The van der Waals surface area contributed by atoms with Gasteiger partial charge in [-0.05, 0) is 6.07 Å². The Hall–Kier alpha value is -1.62. The van der Waals surface area contributed by atoms with Crippen LogP contribution in [0.2, 0.25) is 0 Å². The highest BCUT2D eigenvalue weighted by molar-refractivity contribution is 5.72. The highest BCUT2D eigenvalue weighted by Gasteiger charge is 2.36. The molecule has 1 aromatic rings. The van der Waals surface area contributed by atoms with Crippen molar-refractivity contribution in [1.82, 2.24) is 0 Å². The minimum atomic E-state index is -1.05. The molecule has 16 heavy (non-hydrogen) atoms. The SMILES string of the molecule is O=C(O)C1COc2ccccc2C1OCF. The van der Waals surface area contributed by atoms with Crippen molar-refractivity contribution in [3.05, 3.63) is 29.8 Å². The fourth-order valence-electron chi connectivity index (χ4n) is 1.81. The van der Waals surface area contributed by atoms with Gasteiger partial charge in [0.05, 0.1) is 0 Å². The normalized spacial score (nSPS) is 23.3. The molecule has 2 rings (SSSR count). The Bertz CT molecular complexity index is 393. The number of benzene rings is 1. The van der Waals surface area contributed by atoms with Crippen LogP contribution in [0, 0.1) is 5.92 Å². The number of para-hydroxylation sites is 1. The first kappa shape index (κ1) is 10.9. The molecule has 0 radical (unpaired) electrons. The van der Waals surface area contributed by atoms with Gasteiger partial charge in [0, 0.05) is 5.56 Å². The Labute approximate surface area is 91.6 Å². The molecule has 0 saturated carbocycles. The summed E-state index contributed by atoms with van der Waals surface area (Å²) in [4.78, 5) is 11.0. The molecule has 0 aromatic heterocycles. The zero-order chi connectivity index (χ0) is 11.5. The van der Waals surface area contributed by atoms with E-state index in [1.165, 1.54) is 0 Å². The molecule has 0 fully saturated rings. The predicted molar refractivity (Wildman–Crippen MR) is 52.9 cm³/mol. The van der Waals surface area contributed by atoms with Gasteiger partial charge in [-0.1, -0.05) is 18.2 Å². The molecule has 5 heteroatoms. The molecule has 1 heterocycles. The number of rotatable bonds is 3. The van der Waals surface area contributed by atoms with E-state index in [9.17, 15) is 9.18 Å². The predicted octanol–water partition coefficient (Wildman–Crippen LogP) is 1.76. The van der Waals surface area contributed by atoms with Crippen LogP contribution in [0.4, 0.5) is 4.39 Å². The van der Waals surface area contributed by atoms with E-state index in [4.69, 9.17) is 14.6 Å². The van der Waals surface area contributed by atoms with Gasteiger partial charge in [-0.3, -0.25) is 4.79 Å². The minimum Gasteiger partial charge on any atom is -0.492 e. The first-order valence-corrected chi connectivity index (χ1v) is 4.86. The summed E-state index contributed by atoms with van der Waals surface area (Å²) in [6.07, 6.45) is -0.785. The van der Waals surface area contributed by atoms with Crippen LogP contribution < -0.4 is 4.74 Å². The van der Waals surface area contributed by atoms with Crippen molar-refractivity contribution < 1.29 is 23.8 Å². The molecular formula is C11H11FO4. The number of carboxylic acids is 1. The zero-order valence-corrected chi connectivity index (χ0v) is 8.43. The van der Waals surface area contributed by atoms with Crippen molar-refractivity contribution in [2.75, 3.05) is 13.5 Å². The van der Waals surface area contributed by atoms with Gasteiger partial charge in [-0.15, -0.1) is 0 Å². The van der Waals surface area contributed by atoms with Gasteiger partial charge in [0.15, 0.2) is 6.86 Å². The highest BCUT2D eigenvalue weighted by atomic mass is 19.1. The third-order valence-corrected chi connectivity index (χ3v) is 2.57. The summed E-state index contributed by atoms with van der Waals surface area (Å²) in [5.41, 5.74) is 0.582. The fraction of sp³-hybridized carbons (Fsp3) is 0.364. The summed E-state index contributed by atoms with van der Waals surface area (Å²) in [5.74, 6) is -1.36. The van der Waals surface area contributed by atoms with E-state index in [0.717, 1.165) is 0 Å². The molecule has 0 amide bonds. The van der Waals surface area contributed by atoms with Crippen molar-refractivity contribution in [2.45, 2.75) is 6.10 Å². The van der Waals surface area contributed by atoms with Crippen molar-refractivity contribution >= 4 is 5.97 Å². The van der Waals surface area contributed by atoms with Gasteiger partial charge in [0.2, 0.25) is 0 Å². The lowest BCUT2D eigenvalue weighted by molar-refractivity contribution is -0.153. The zero-order valence-electron chi connectivity index (χ0n) is 8.43. The Morgan fingerprint density at radius 3 is 3.00 bits per heavy atom. The van der Waals surface area contributed by atoms with Crippen LogP contribution in [-0.2, 0) is 9.53 Å². The van der Waals surface area contributed by atoms with Gasteiger partial charge in [0.1, 0.15) is 24.4 Å². The standard InChI is InChI=1S/C11H11FO4/c12-6-16-10-7-3-1-2-4-9(7)15-5-8(10)11(13)14/h1-4,8,10H,5-6H2,(H,13,14). The van der Waals surface area contributed by atoms with Gasteiger partial charge in [0.25, 0.3) is 0 Å². The topological polar surface area (TPSA) is 55.8 Å². The summed E-state index contributed by atoms with van der Waals surface area (Å²) in [6.45, 7) is -1.01. The van der Waals surface area contributed by atoms with Gasteiger partial charge in [-0.2, -0.15) is 0 Å². The van der Waals surface area contributed by atoms with Crippen LogP contribution in [0.25, 0.3) is 0 Å². The Balaban J connectivity index is 2.35. The minimum absolute atomic E-state index is 0.00296. The second-order valence-corrected chi connectivity index (χ2v) is 3.49. The number of hydrogen-bond donors (Lipinski definition) is 1. The molecule has 1 aliphatic rings. The lowest BCUT2D eigenvalue weighted by atomic mass is 9.93. The number of carboxylic acid groups (broad SMARTS) is 1. The van der Waals surface area contributed by atoms with E-state index in [1.54, 1.807) is 24.3 Å². The maximum Gasteiger partial charge on any atom is 0.313 e. The summed E-state index contributed by atoms with van der Waals surface area (Å²) in [7, 11) is 0. The third-order valence-electron chi connectivity index (χ3n) is 2.57. The Kier molecular flexibility index (Phi) is 3.05. The molecule has 1 aromatic carbocycles. The van der Waals surface area contributed by atoms with Crippen molar-refractivity contribution in [2.24, 2.45) is 5.92 Å². The first-order chi connectivity index (χ1) is 7.74. The molecule has 4 nitrogen and oxygen atoms in total. The summed E-state index contributed by atoms with van der Waals surface area (Å²) >= 11 is 0. The largest absolute Gasteiger partial charge is 0.492 e. The second-order valence-electron chi connectivity index (χ2n) is 3.49. The Morgan fingerprint density at radius 1 is 1.56 bits per heavy atom. The van der Waals surface area contributed by atoms with Crippen LogP contribution in [-0.4, -0.2) is 24.5 Å². The molecule has 0 saturated heterocycles. The van der Waals surface area contributed by atoms with Crippen molar-refractivity contribution in [3.8, 4) is 5.75 Å². The summed E-state index contributed by atoms with van der Waals surface area (Å²) < 4.78 is 22.4. The second kappa shape index (κ2) is 4.49. The first-order valence-electron chi connectivity index (χ1n) is 4.86. The number of carbonyl (C=O) groups is 1. The highest BCUT2D eigenvalue weighted by Crippen LogP contribution is 2.37. The lowest BCUT2D eigenvalue weighted by Gasteiger charge is -2.30. The number of hydrogen-bond acceptors (Lipinski definition) is 3. The molecule has 0 bridgehead atoms. The van der Waals surface area contributed by atoms with Crippen molar-refractivity contribution in [3.63, 3.8) is 0 Å². The Morgan fingerprint density at radius 2 is 2.31 bits per heavy atom. The van der Waals surface area contributed by atoms with Crippen LogP contribution in [0.3, 0.4) is 0 Å². The van der Waals surface area contributed by atoms with Gasteiger partial charge < -0.3 is 14.6 Å². The number of alkyl halides is 1. The maximum absolute atomic E-state index is 12.3. The monoisotopic (exact) mass is 226 g/mol. The van der Waals surface area contributed by atoms with Crippen LogP contribution >= 0.6 is 0 Å². The quantitative estimate of drug-likeness (QED) is 0.853. The third kappa shape index (κ3) is 1.86. The average Bonchev–Trinajstić information content (AvgIpc) is 2.29. The lowest BCUT2D eigenvalue weighted by Crippen LogP contribution is -2.33. The van der Waals surface area contributed by atoms with E-state index in [1.807, 2.05) is 0 Å². The summed E-state index contributed by atoms with van der Waals surface area (Å²) in [6, 6.07) is 6.90. The molecule has 1 N–H and O–H groups in total. The molecule has 0 spiro atoms. The van der Waals surface area contributed by atoms with E-state index in [0.29, 0.717) is 11.3 Å². The molecule has 0 aliphatic carbocycles. The maximum atomic E-state index is 12.3. The van der Waals surface area contributed by atoms with Crippen LogP contribution in [0.15, 0.2) is 24.3 Å². The molecule has 86 valence electrons. The molecule has 2 atom stereocenters. The summed E-state index contributed by atoms with van der Waals surface area (Å²) in [5, 5.41) is 8.98. The number of aliphatic carboxylic acids is 1. The number of halogens is 1. The average molecular weight is 226 g/mol. The fourth-order valence-corrected chi connectivity index (χ4v) is 1.81.